The number of aliphatic carboxylic acids is 1. The van der Waals surface area contributed by atoms with Crippen molar-refractivity contribution in [2.45, 2.75) is 64.3 Å². The summed E-state index contributed by atoms with van der Waals surface area (Å²) in [5.74, 6) is 0.886. The molecule has 0 radical (unpaired) electrons. The zero-order valence-electron chi connectivity index (χ0n) is 26.6. The fourth-order valence-corrected chi connectivity index (χ4v) is 6.22. The van der Waals surface area contributed by atoms with Crippen LogP contribution in [0.1, 0.15) is 62.2 Å². The number of carbonyl (C=O) groups is 2. The quantitative estimate of drug-likeness (QED) is 0.226. The highest BCUT2D eigenvalue weighted by Crippen LogP contribution is 2.47. The van der Waals surface area contributed by atoms with Gasteiger partial charge in [0.1, 0.15) is 5.76 Å². The largest absolute Gasteiger partial charge is 0.493 e. The molecule has 0 unspecified atom stereocenters. The molecule has 1 aromatic carbocycles. The number of likely N-dealkylation sites (tertiary alicyclic amines) is 1. The number of quaternary nitrogens is 1. The molecule has 2 aliphatic heterocycles. The lowest BCUT2D eigenvalue weighted by molar-refractivity contribution is -0.870. The first-order chi connectivity index (χ1) is 20.5. The molecule has 1 fully saturated rings. The number of hydrogen-bond donors (Lipinski definition) is 1. The number of carbonyl (C=O) groups excluding carboxylic acids is 1. The Morgan fingerprint density at radius 1 is 1.16 bits per heavy atom. The van der Waals surface area contributed by atoms with Crippen molar-refractivity contribution in [1.29, 1.82) is 0 Å². The van der Waals surface area contributed by atoms with Gasteiger partial charge in [0.05, 0.1) is 53.5 Å². The monoisotopic (exact) mass is 601 g/mol. The number of hydrogen-bond acceptors (Lipinski definition) is 8. The average Bonchev–Trinajstić information content (AvgIpc) is 3.68. The highest BCUT2D eigenvalue weighted by molar-refractivity contribution is 5.79. The number of oxazole rings is 1. The molecule has 43 heavy (non-hydrogen) atoms. The maximum atomic E-state index is 13.8. The van der Waals surface area contributed by atoms with Gasteiger partial charge in [0, 0.05) is 38.0 Å². The standard InChI is InChI=1S/C32H48N4O7/c1-7-8-13-34(14-9-10-15-36(3,4)5)29(37)20-35-19-24(23-16-26(40-6)31-27(17-23)41-21-42-31)30(32(38)39)25(35)11-12-28-33-18-22(2)43-28/h16-18,24-25,30H,7-15,19-21H2,1-6H3/p+1/t24-,25+,30-/m1/s1. The van der Waals surface area contributed by atoms with Gasteiger partial charge in [-0.2, -0.15) is 0 Å². The van der Waals surface area contributed by atoms with E-state index >= 15 is 0 Å². The van der Waals surface area contributed by atoms with E-state index in [0.717, 1.165) is 42.3 Å². The fourth-order valence-electron chi connectivity index (χ4n) is 6.22. The van der Waals surface area contributed by atoms with Crippen LogP contribution in [-0.4, -0.2) is 110 Å². The number of nitrogens with zero attached hydrogens (tertiary/aromatic N) is 4. The van der Waals surface area contributed by atoms with E-state index in [1.165, 1.54) is 0 Å². The van der Waals surface area contributed by atoms with Gasteiger partial charge in [-0.15, -0.1) is 0 Å². The van der Waals surface area contributed by atoms with Crippen LogP contribution in [0.3, 0.4) is 0 Å². The van der Waals surface area contributed by atoms with Crippen LogP contribution in [-0.2, 0) is 16.0 Å². The minimum atomic E-state index is -0.895. The van der Waals surface area contributed by atoms with Crippen molar-refractivity contribution in [3.05, 3.63) is 35.5 Å². The summed E-state index contributed by atoms with van der Waals surface area (Å²) >= 11 is 0. The van der Waals surface area contributed by atoms with Crippen LogP contribution in [0, 0.1) is 12.8 Å². The van der Waals surface area contributed by atoms with E-state index in [0.29, 0.717) is 61.4 Å². The Kier molecular flexibility index (Phi) is 10.9. The predicted octanol–water partition coefficient (Wildman–Crippen LogP) is 3.94. The van der Waals surface area contributed by atoms with Crippen molar-refractivity contribution in [2.75, 3.05) is 67.8 Å². The summed E-state index contributed by atoms with van der Waals surface area (Å²) in [7, 11) is 8.09. The van der Waals surface area contributed by atoms with Crippen molar-refractivity contribution in [2.24, 2.45) is 5.92 Å². The van der Waals surface area contributed by atoms with Gasteiger partial charge < -0.3 is 33.1 Å². The summed E-state index contributed by atoms with van der Waals surface area (Å²) < 4.78 is 23.4. The Bertz CT molecular complexity index is 1240. The average molecular weight is 602 g/mol. The molecule has 0 spiro atoms. The second kappa shape index (κ2) is 14.4. The first kappa shape index (κ1) is 32.6. The smallest absolute Gasteiger partial charge is 0.308 e. The summed E-state index contributed by atoms with van der Waals surface area (Å²) in [6.45, 7) is 7.10. The Morgan fingerprint density at radius 3 is 2.58 bits per heavy atom. The zero-order chi connectivity index (χ0) is 31.1. The van der Waals surface area contributed by atoms with E-state index < -0.39 is 11.9 Å². The summed E-state index contributed by atoms with van der Waals surface area (Å²) in [6.07, 6.45) is 6.57. The van der Waals surface area contributed by atoms with Crippen LogP contribution in [0.2, 0.25) is 0 Å². The van der Waals surface area contributed by atoms with E-state index in [2.05, 4.69) is 38.0 Å². The number of aryl methyl sites for hydroxylation is 2. The van der Waals surface area contributed by atoms with Crippen LogP contribution in [0.25, 0.3) is 0 Å². The molecule has 238 valence electrons. The van der Waals surface area contributed by atoms with Crippen LogP contribution >= 0.6 is 0 Å². The number of benzene rings is 1. The van der Waals surface area contributed by atoms with Crippen molar-refractivity contribution in [3.8, 4) is 17.2 Å². The van der Waals surface area contributed by atoms with Crippen molar-refractivity contribution < 1.29 is 37.8 Å². The minimum absolute atomic E-state index is 0.0451. The molecule has 0 bridgehead atoms. The Balaban J connectivity index is 1.58. The summed E-state index contributed by atoms with van der Waals surface area (Å²) in [4.78, 5) is 35.1. The second-order valence-corrected chi connectivity index (χ2v) is 12.8. The first-order valence-electron chi connectivity index (χ1n) is 15.4. The van der Waals surface area contributed by atoms with Gasteiger partial charge in [-0.25, -0.2) is 4.98 Å². The maximum absolute atomic E-state index is 13.8. The van der Waals surface area contributed by atoms with Crippen LogP contribution in [0.5, 0.6) is 17.2 Å². The molecular formula is C32H49N4O7+. The molecule has 0 aliphatic carbocycles. The van der Waals surface area contributed by atoms with Gasteiger partial charge >= 0.3 is 5.97 Å². The molecule has 1 aromatic heterocycles. The van der Waals surface area contributed by atoms with Gasteiger partial charge in [-0.1, -0.05) is 13.3 Å². The fraction of sp³-hybridized carbons (Fsp3) is 0.656. The van der Waals surface area contributed by atoms with E-state index in [-0.39, 0.29) is 31.2 Å². The minimum Gasteiger partial charge on any atom is -0.493 e. The van der Waals surface area contributed by atoms with Crippen molar-refractivity contribution in [3.63, 3.8) is 0 Å². The second-order valence-electron chi connectivity index (χ2n) is 12.8. The van der Waals surface area contributed by atoms with E-state index in [1.807, 2.05) is 24.0 Å². The maximum Gasteiger partial charge on any atom is 0.308 e. The molecule has 1 N–H and O–H groups in total. The van der Waals surface area contributed by atoms with E-state index in [4.69, 9.17) is 18.6 Å². The van der Waals surface area contributed by atoms with Gasteiger partial charge in [-0.3, -0.25) is 14.5 Å². The van der Waals surface area contributed by atoms with Crippen molar-refractivity contribution in [1.82, 2.24) is 14.8 Å². The number of carboxylic acids is 1. The molecule has 3 atom stereocenters. The number of methoxy groups -OCH3 is 1. The van der Waals surface area contributed by atoms with Crippen molar-refractivity contribution >= 4 is 11.9 Å². The molecule has 11 nitrogen and oxygen atoms in total. The third kappa shape index (κ3) is 8.41. The zero-order valence-corrected chi connectivity index (χ0v) is 26.6. The molecule has 4 rings (SSSR count). The number of ether oxygens (including phenoxy) is 3. The lowest BCUT2D eigenvalue weighted by Gasteiger charge is -2.30. The number of unbranched alkanes of at least 4 members (excludes halogenated alkanes) is 2. The summed E-state index contributed by atoms with van der Waals surface area (Å²) in [5.41, 5.74) is 0.795. The van der Waals surface area contributed by atoms with Crippen LogP contribution in [0.4, 0.5) is 0 Å². The molecule has 1 amide bonds. The third-order valence-electron chi connectivity index (χ3n) is 8.44. The Labute approximate surface area is 255 Å². The molecule has 2 aromatic rings. The Hall–Kier alpha value is -3.31. The van der Waals surface area contributed by atoms with Gasteiger partial charge in [0.15, 0.2) is 17.4 Å². The van der Waals surface area contributed by atoms with Gasteiger partial charge in [0.2, 0.25) is 18.4 Å². The number of amides is 1. The molecule has 11 heteroatoms. The molecule has 2 aliphatic rings. The van der Waals surface area contributed by atoms with Crippen LogP contribution in [0.15, 0.2) is 22.7 Å². The summed E-state index contributed by atoms with van der Waals surface area (Å²) in [5, 5.41) is 10.6. The number of rotatable bonds is 16. The van der Waals surface area contributed by atoms with E-state index in [1.54, 1.807) is 13.3 Å². The highest BCUT2D eigenvalue weighted by atomic mass is 16.7. The molecule has 3 heterocycles. The Morgan fingerprint density at radius 2 is 1.93 bits per heavy atom. The molecule has 0 saturated carbocycles. The topological polar surface area (TPSA) is 115 Å². The van der Waals surface area contributed by atoms with E-state index in [9.17, 15) is 14.7 Å². The normalized spacial score (nSPS) is 20.0. The number of fused-ring (bicyclic) bond motifs is 1. The van der Waals surface area contributed by atoms with Crippen LogP contribution < -0.4 is 14.2 Å². The predicted molar refractivity (Wildman–Crippen MR) is 162 cm³/mol. The third-order valence-corrected chi connectivity index (χ3v) is 8.44. The SMILES string of the molecule is CCCCN(CCCC[N+](C)(C)C)C(=O)CN1C[C@H](c2cc(OC)c3c(c2)OCO3)[C@@H](C(=O)O)[C@@H]1CCc1ncc(C)o1. The van der Waals surface area contributed by atoms with Gasteiger partial charge in [0.25, 0.3) is 0 Å². The molecule has 1 saturated heterocycles. The number of carboxylic acid groups (broad SMARTS) is 1. The molecular weight excluding hydrogens is 552 g/mol. The lowest BCUT2D eigenvalue weighted by atomic mass is 9.83. The first-order valence-corrected chi connectivity index (χ1v) is 15.4. The summed E-state index contributed by atoms with van der Waals surface area (Å²) in [6, 6.07) is 3.31. The lowest BCUT2D eigenvalue weighted by Crippen LogP contribution is -2.45. The number of aromatic nitrogens is 1. The highest BCUT2D eigenvalue weighted by Gasteiger charge is 2.47. The van der Waals surface area contributed by atoms with Gasteiger partial charge in [-0.05, 0) is 50.3 Å².